The fourth-order valence-electron chi connectivity index (χ4n) is 3.95. The fraction of sp³-hybridized carbons (Fsp3) is 0.310. The quantitative estimate of drug-likeness (QED) is 0.263. The van der Waals surface area contributed by atoms with E-state index in [1.807, 2.05) is 51.1 Å². The Balaban J connectivity index is 1.65. The maximum absolute atomic E-state index is 12.4. The number of nitrogens with zero attached hydrogens (tertiary/aromatic N) is 2. The largest absolute Gasteiger partial charge is 0.444 e. The van der Waals surface area contributed by atoms with Gasteiger partial charge in [-0.1, -0.05) is 17.7 Å². The van der Waals surface area contributed by atoms with E-state index >= 15 is 0 Å². The lowest BCUT2D eigenvalue weighted by Gasteiger charge is -2.25. The topological polar surface area (TPSA) is 66.5 Å². The highest BCUT2D eigenvalue weighted by atomic mass is 35.5. The van der Waals surface area contributed by atoms with Crippen LogP contribution >= 0.6 is 11.6 Å². The summed E-state index contributed by atoms with van der Waals surface area (Å²) in [5.41, 5.74) is 6.61. The zero-order chi connectivity index (χ0) is 26.0. The number of hydrogen-bond acceptors (Lipinski definition) is 5. The molecule has 1 heterocycles. The van der Waals surface area contributed by atoms with Gasteiger partial charge in [-0.2, -0.15) is 0 Å². The number of carbonyl (C=O) groups excluding carboxylic acids is 1. The molecule has 4 rings (SSSR count). The van der Waals surface area contributed by atoms with E-state index in [0.717, 1.165) is 38.9 Å². The third-order valence-corrected chi connectivity index (χ3v) is 6.22. The monoisotopic (exact) mass is 504 g/mol. The number of carbonyl (C=O) groups is 1. The molecule has 0 saturated carbocycles. The summed E-state index contributed by atoms with van der Waals surface area (Å²) in [7, 11) is 1.74. The van der Waals surface area contributed by atoms with Gasteiger partial charge in [-0.25, -0.2) is 9.78 Å². The highest BCUT2D eigenvalue weighted by Crippen LogP contribution is 2.34. The van der Waals surface area contributed by atoms with Gasteiger partial charge in [0.05, 0.1) is 16.7 Å². The van der Waals surface area contributed by atoms with Crippen LogP contribution in [0.1, 0.15) is 31.9 Å². The van der Waals surface area contributed by atoms with Gasteiger partial charge in [0.2, 0.25) is 0 Å². The van der Waals surface area contributed by atoms with E-state index in [2.05, 4.69) is 48.7 Å². The molecule has 0 aliphatic heterocycles. The first-order valence-corrected chi connectivity index (χ1v) is 12.4. The first-order chi connectivity index (χ1) is 17.0. The molecule has 0 radical (unpaired) electrons. The summed E-state index contributed by atoms with van der Waals surface area (Å²) in [4.78, 5) is 18.8. The normalized spacial score (nSPS) is 11.5. The number of rotatable bonds is 6. The lowest BCUT2D eigenvalue weighted by Crippen LogP contribution is -2.36. The van der Waals surface area contributed by atoms with Gasteiger partial charge in [-0.3, -0.25) is 0 Å². The van der Waals surface area contributed by atoms with Gasteiger partial charge in [0, 0.05) is 47.3 Å². The predicted octanol–water partition coefficient (Wildman–Crippen LogP) is 7.68. The van der Waals surface area contributed by atoms with Crippen LogP contribution in [0, 0.1) is 13.8 Å². The number of benzene rings is 3. The Morgan fingerprint density at radius 3 is 2.28 bits per heavy atom. The molecule has 0 fully saturated rings. The summed E-state index contributed by atoms with van der Waals surface area (Å²) >= 11 is 6.36. The number of nitrogens with one attached hydrogen (secondary N) is 2. The lowest BCUT2D eigenvalue weighted by atomic mass is 10.1. The number of amides is 1. The summed E-state index contributed by atoms with van der Waals surface area (Å²) in [5, 5.41) is 9.59. The van der Waals surface area contributed by atoms with Gasteiger partial charge in [-0.05, 0) is 94.3 Å². The summed E-state index contributed by atoms with van der Waals surface area (Å²) in [6, 6.07) is 18.2. The minimum Gasteiger partial charge on any atom is -0.444 e. The van der Waals surface area contributed by atoms with Crippen LogP contribution in [0.2, 0.25) is 5.02 Å². The molecule has 36 heavy (non-hydrogen) atoms. The maximum Gasteiger partial charge on any atom is 0.410 e. The molecule has 0 unspecified atom stereocenters. The summed E-state index contributed by atoms with van der Waals surface area (Å²) in [6.07, 6.45) is -0.350. The number of anilines is 3. The molecule has 0 saturated heterocycles. The van der Waals surface area contributed by atoms with Crippen molar-refractivity contribution in [1.29, 1.82) is 0 Å². The van der Waals surface area contributed by atoms with Crippen molar-refractivity contribution >= 4 is 56.6 Å². The predicted molar refractivity (Wildman–Crippen MR) is 151 cm³/mol. The molecule has 1 aromatic heterocycles. The molecule has 2 N–H and O–H groups in total. The van der Waals surface area contributed by atoms with Crippen LogP contribution in [0.3, 0.4) is 0 Å². The summed E-state index contributed by atoms with van der Waals surface area (Å²) in [5.74, 6) is 0. The molecular formula is C29H33ClN4O2. The van der Waals surface area contributed by atoms with Gasteiger partial charge in [0.25, 0.3) is 0 Å². The van der Waals surface area contributed by atoms with Crippen LogP contribution in [0.15, 0.2) is 54.6 Å². The van der Waals surface area contributed by atoms with E-state index in [0.29, 0.717) is 18.1 Å². The molecule has 188 valence electrons. The SMILES string of the molecule is Cc1ccc(Nc2ccc3nc4ccc(Cl)cc4c(NCCN(C)C(=O)OC(C)(C)C)c3c2)cc1C. The number of aryl methyl sites for hydroxylation is 2. The molecule has 1 amide bonds. The zero-order valence-electron chi connectivity index (χ0n) is 21.7. The first kappa shape index (κ1) is 25.6. The number of pyridine rings is 1. The van der Waals surface area contributed by atoms with Gasteiger partial charge < -0.3 is 20.3 Å². The Morgan fingerprint density at radius 2 is 1.58 bits per heavy atom. The minimum atomic E-state index is -0.535. The number of fused-ring (bicyclic) bond motifs is 2. The van der Waals surface area contributed by atoms with Crippen molar-refractivity contribution in [2.24, 2.45) is 0 Å². The van der Waals surface area contributed by atoms with Crippen molar-refractivity contribution in [1.82, 2.24) is 9.88 Å². The maximum atomic E-state index is 12.4. The van der Waals surface area contributed by atoms with E-state index < -0.39 is 5.60 Å². The van der Waals surface area contributed by atoms with E-state index in [4.69, 9.17) is 21.3 Å². The number of ether oxygens (including phenoxy) is 1. The van der Waals surface area contributed by atoms with Gasteiger partial charge >= 0.3 is 6.09 Å². The Kier molecular flexibility index (Phi) is 7.27. The molecule has 0 atom stereocenters. The van der Waals surface area contributed by atoms with E-state index in [1.165, 1.54) is 11.1 Å². The lowest BCUT2D eigenvalue weighted by molar-refractivity contribution is 0.0305. The van der Waals surface area contributed by atoms with E-state index in [1.54, 1.807) is 11.9 Å². The van der Waals surface area contributed by atoms with Gasteiger partial charge in [0.1, 0.15) is 5.60 Å². The van der Waals surface area contributed by atoms with Crippen LogP contribution < -0.4 is 10.6 Å². The second kappa shape index (κ2) is 10.2. The highest BCUT2D eigenvalue weighted by Gasteiger charge is 2.19. The molecule has 0 bridgehead atoms. The Hall–Kier alpha value is -3.51. The number of aromatic nitrogens is 1. The molecule has 0 aliphatic carbocycles. The average molecular weight is 505 g/mol. The van der Waals surface area contributed by atoms with Crippen molar-refractivity contribution in [3.8, 4) is 0 Å². The van der Waals surface area contributed by atoms with Crippen LogP contribution in [0.4, 0.5) is 21.9 Å². The fourth-order valence-corrected chi connectivity index (χ4v) is 4.12. The molecule has 6 nitrogen and oxygen atoms in total. The Labute approximate surface area is 217 Å². The van der Waals surface area contributed by atoms with Crippen LogP contribution in [0.25, 0.3) is 21.8 Å². The summed E-state index contributed by atoms with van der Waals surface area (Å²) in [6.45, 7) is 10.8. The second-order valence-electron chi connectivity index (χ2n) is 10.1. The molecule has 0 aliphatic rings. The Bertz CT molecular complexity index is 1430. The molecule has 4 aromatic rings. The van der Waals surface area contributed by atoms with Crippen LogP contribution in [-0.4, -0.2) is 41.7 Å². The summed E-state index contributed by atoms with van der Waals surface area (Å²) < 4.78 is 5.47. The van der Waals surface area contributed by atoms with Crippen molar-refractivity contribution in [3.63, 3.8) is 0 Å². The van der Waals surface area contributed by atoms with Crippen molar-refractivity contribution in [3.05, 3.63) is 70.7 Å². The molecule has 7 heteroatoms. The zero-order valence-corrected chi connectivity index (χ0v) is 22.5. The van der Waals surface area contributed by atoms with E-state index in [-0.39, 0.29) is 6.09 Å². The van der Waals surface area contributed by atoms with Crippen molar-refractivity contribution < 1.29 is 9.53 Å². The van der Waals surface area contributed by atoms with Gasteiger partial charge in [-0.15, -0.1) is 0 Å². The number of hydrogen-bond donors (Lipinski definition) is 2. The highest BCUT2D eigenvalue weighted by molar-refractivity contribution is 6.31. The third-order valence-electron chi connectivity index (χ3n) is 5.98. The standard InChI is InChI=1S/C29H33ClN4O2/c1-18-7-9-21(15-19(18)2)32-22-10-12-26-24(17-22)27(23-16-20(30)8-11-25(23)33-26)31-13-14-34(6)28(35)36-29(3,4)5/h7-12,15-17,32H,13-14H2,1-6H3,(H,31,33). The minimum absolute atomic E-state index is 0.350. The number of halogens is 1. The molecular weight excluding hydrogens is 472 g/mol. The van der Waals surface area contributed by atoms with Crippen molar-refractivity contribution in [2.75, 3.05) is 30.8 Å². The van der Waals surface area contributed by atoms with E-state index in [9.17, 15) is 4.79 Å². The Morgan fingerprint density at radius 1 is 0.944 bits per heavy atom. The molecule has 0 spiro atoms. The average Bonchev–Trinajstić information content (AvgIpc) is 2.80. The second-order valence-corrected chi connectivity index (χ2v) is 10.6. The number of likely N-dealkylation sites (N-methyl/N-ethyl adjacent to an activating group) is 1. The van der Waals surface area contributed by atoms with Gasteiger partial charge in [0.15, 0.2) is 0 Å². The van der Waals surface area contributed by atoms with Crippen LogP contribution in [-0.2, 0) is 4.74 Å². The third kappa shape index (κ3) is 6.00. The first-order valence-electron chi connectivity index (χ1n) is 12.1. The smallest absolute Gasteiger partial charge is 0.410 e. The molecule has 3 aromatic carbocycles. The van der Waals surface area contributed by atoms with Crippen molar-refractivity contribution in [2.45, 2.75) is 40.2 Å². The van der Waals surface area contributed by atoms with Crippen LogP contribution in [0.5, 0.6) is 0 Å².